The molecule has 0 aliphatic heterocycles. The Balaban J connectivity index is 2.07. The topological polar surface area (TPSA) is 17.8 Å². The normalized spacial score (nSPS) is 10.8. The molecule has 3 rings (SSSR count). The molecular weight excluding hydrogens is 268 g/mol. The van der Waals surface area contributed by atoms with Gasteiger partial charge in [0, 0.05) is 22.3 Å². The SMILES string of the molecule is Cc1ccc(C)c(-n2cc(-c3ccccc3Cl)cn2)c1. The van der Waals surface area contributed by atoms with Gasteiger partial charge in [-0.05, 0) is 37.1 Å². The Morgan fingerprint density at radius 3 is 2.65 bits per heavy atom. The maximum absolute atomic E-state index is 6.23. The molecule has 0 amide bonds. The summed E-state index contributed by atoms with van der Waals surface area (Å²) >= 11 is 6.23. The first-order valence-corrected chi connectivity index (χ1v) is 6.90. The van der Waals surface area contributed by atoms with Crippen molar-refractivity contribution in [2.24, 2.45) is 0 Å². The van der Waals surface area contributed by atoms with Crippen molar-refractivity contribution in [2.45, 2.75) is 13.8 Å². The molecule has 2 aromatic carbocycles. The van der Waals surface area contributed by atoms with Gasteiger partial charge in [0.2, 0.25) is 0 Å². The molecule has 0 N–H and O–H groups in total. The summed E-state index contributed by atoms with van der Waals surface area (Å²) in [4.78, 5) is 0. The van der Waals surface area contributed by atoms with Crippen LogP contribution in [0.15, 0.2) is 54.9 Å². The minimum atomic E-state index is 0.744. The highest BCUT2D eigenvalue weighted by atomic mass is 35.5. The van der Waals surface area contributed by atoms with Crippen LogP contribution in [0.2, 0.25) is 5.02 Å². The first-order chi connectivity index (χ1) is 9.65. The number of hydrogen-bond donors (Lipinski definition) is 0. The van der Waals surface area contributed by atoms with E-state index in [2.05, 4.69) is 37.1 Å². The molecule has 3 aromatic rings. The fraction of sp³-hybridized carbons (Fsp3) is 0.118. The molecule has 100 valence electrons. The van der Waals surface area contributed by atoms with Crippen LogP contribution in [0.1, 0.15) is 11.1 Å². The summed E-state index contributed by atoms with van der Waals surface area (Å²) in [5, 5.41) is 5.21. The van der Waals surface area contributed by atoms with E-state index in [4.69, 9.17) is 11.6 Å². The smallest absolute Gasteiger partial charge is 0.0677 e. The molecule has 0 saturated heterocycles. The van der Waals surface area contributed by atoms with Crippen molar-refractivity contribution in [3.05, 3.63) is 71.0 Å². The molecule has 0 saturated carbocycles. The Morgan fingerprint density at radius 1 is 1.05 bits per heavy atom. The lowest BCUT2D eigenvalue weighted by molar-refractivity contribution is 0.871. The van der Waals surface area contributed by atoms with E-state index in [0.29, 0.717) is 0 Å². The molecule has 0 bridgehead atoms. The number of nitrogens with zero attached hydrogens (tertiary/aromatic N) is 2. The Kier molecular flexibility index (Phi) is 3.33. The predicted octanol–water partition coefficient (Wildman–Crippen LogP) is 4.81. The second kappa shape index (κ2) is 5.14. The van der Waals surface area contributed by atoms with Crippen LogP contribution in [0, 0.1) is 13.8 Å². The Hall–Kier alpha value is -2.06. The Bertz CT molecular complexity index is 759. The summed E-state index contributed by atoms with van der Waals surface area (Å²) in [5.74, 6) is 0. The molecule has 1 heterocycles. The maximum atomic E-state index is 6.23. The van der Waals surface area contributed by atoms with Crippen molar-refractivity contribution >= 4 is 11.6 Å². The lowest BCUT2D eigenvalue weighted by Gasteiger charge is -2.06. The summed E-state index contributed by atoms with van der Waals surface area (Å²) in [6, 6.07) is 14.2. The van der Waals surface area contributed by atoms with E-state index in [1.807, 2.05) is 41.3 Å². The zero-order valence-corrected chi connectivity index (χ0v) is 12.2. The number of benzene rings is 2. The van der Waals surface area contributed by atoms with Gasteiger partial charge in [-0.25, -0.2) is 4.68 Å². The molecule has 3 heteroatoms. The molecule has 0 aliphatic carbocycles. The van der Waals surface area contributed by atoms with Crippen LogP contribution < -0.4 is 0 Å². The van der Waals surface area contributed by atoms with E-state index in [-0.39, 0.29) is 0 Å². The van der Waals surface area contributed by atoms with Gasteiger partial charge in [-0.15, -0.1) is 0 Å². The van der Waals surface area contributed by atoms with Gasteiger partial charge in [-0.2, -0.15) is 5.10 Å². The van der Waals surface area contributed by atoms with E-state index in [1.54, 1.807) is 0 Å². The third kappa shape index (κ3) is 2.35. The highest BCUT2D eigenvalue weighted by Gasteiger charge is 2.08. The van der Waals surface area contributed by atoms with E-state index in [1.165, 1.54) is 11.1 Å². The summed E-state index contributed by atoms with van der Waals surface area (Å²) in [6.45, 7) is 4.17. The quantitative estimate of drug-likeness (QED) is 0.659. The molecule has 0 fully saturated rings. The third-order valence-corrected chi connectivity index (χ3v) is 3.71. The zero-order valence-electron chi connectivity index (χ0n) is 11.5. The number of aromatic nitrogens is 2. The van der Waals surface area contributed by atoms with Crippen LogP contribution in [0.4, 0.5) is 0 Å². The van der Waals surface area contributed by atoms with Crippen LogP contribution in [0.5, 0.6) is 0 Å². The number of rotatable bonds is 2. The van der Waals surface area contributed by atoms with Crippen LogP contribution in [0.3, 0.4) is 0 Å². The molecule has 0 unspecified atom stereocenters. The summed E-state index contributed by atoms with van der Waals surface area (Å²) in [6.07, 6.45) is 3.87. The van der Waals surface area contributed by atoms with E-state index in [9.17, 15) is 0 Å². The fourth-order valence-corrected chi connectivity index (χ4v) is 2.50. The van der Waals surface area contributed by atoms with Crippen molar-refractivity contribution in [1.29, 1.82) is 0 Å². The maximum Gasteiger partial charge on any atom is 0.0677 e. The van der Waals surface area contributed by atoms with Crippen molar-refractivity contribution in [3.63, 3.8) is 0 Å². The standard InChI is InChI=1S/C17H15ClN2/c1-12-7-8-13(2)17(9-12)20-11-14(10-19-20)15-5-3-4-6-16(15)18/h3-11H,1-2H3. The van der Waals surface area contributed by atoms with Gasteiger partial charge in [-0.3, -0.25) is 0 Å². The molecule has 2 nitrogen and oxygen atoms in total. The second-order valence-electron chi connectivity index (χ2n) is 4.94. The van der Waals surface area contributed by atoms with E-state index < -0.39 is 0 Å². The van der Waals surface area contributed by atoms with E-state index in [0.717, 1.165) is 21.8 Å². The minimum Gasteiger partial charge on any atom is -0.240 e. The largest absolute Gasteiger partial charge is 0.240 e. The first kappa shape index (κ1) is 12.9. The van der Waals surface area contributed by atoms with Crippen molar-refractivity contribution in [3.8, 4) is 16.8 Å². The lowest BCUT2D eigenvalue weighted by atomic mass is 10.1. The van der Waals surface area contributed by atoms with Crippen LogP contribution in [-0.2, 0) is 0 Å². The Labute approximate surface area is 123 Å². The van der Waals surface area contributed by atoms with Crippen LogP contribution in [0.25, 0.3) is 16.8 Å². The number of halogens is 1. The zero-order chi connectivity index (χ0) is 14.1. The highest BCUT2D eigenvalue weighted by Crippen LogP contribution is 2.28. The summed E-state index contributed by atoms with van der Waals surface area (Å²) in [5.41, 5.74) is 5.55. The number of hydrogen-bond acceptors (Lipinski definition) is 1. The third-order valence-electron chi connectivity index (χ3n) is 3.38. The molecule has 20 heavy (non-hydrogen) atoms. The highest BCUT2D eigenvalue weighted by molar-refractivity contribution is 6.33. The Morgan fingerprint density at radius 2 is 1.85 bits per heavy atom. The monoisotopic (exact) mass is 282 g/mol. The molecule has 1 aromatic heterocycles. The molecular formula is C17H15ClN2. The molecule has 0 spiro atoms. The van der Waals surface area contributed by atoms with Gasteiger partial charge in [0.1, 0.15) is 0 Å². The molecule has 0 atom stereocenters. The molecule has 0 radical (unpaired) electrons. The van der Waals surface area contributed by atoms with Crippen molar-refractivity contribution in [1.82, 2.24) is 9.78 Å². The van der Waals surface area contributed by atoms with Gasteiger partial charge in [-0.1, -0.05) is 41.9 Å². The van der Waals surface area contributed by atoms with Gasteiger partial charge < -0.3 is 0 Å². The second-order valence-corrected chi connectivity index (χ2v) is 5.35. The predicted molar refractivity (Wildman–Crippen MR) is 83.5 cm³/mol. The van der Waals surface area contributed by atoms with Gasteiger partial charge in [0.25, 0.3) is 0 Å². The van der Waals surface area contributed by atoms with Crippen LogP contribution >= 0.6 is 11.6 Å². The summed E-state index contributed by atoms with van der Waals surface area (Å²) in [7, 11) is 0. The average Bonchev–Trinajstić information content (AvgIpc) is 2.91. The summed E-state index contributed by atoms with van der Waals surface area (Å²) < 4.78 is 1.90. The van der Waals surface area contributed by atoms with Gasteiger partial charge >= 0.3 is 0 Å². The van der Waals surface area contributed by atoms with Crippen LogP contribution in [-0.4, -0.2) is 9.78 Å². The minimum absolute atomic E-state index is 0.744. The van der Waals surface area contributed by atoms with E-state index >= 15 is 0 Å². The fourth-order valence-electron chi connectivity index (χ4n) is 2.26. The average molecular weight is 283 g/mol. The lowest BCUT2D eigenvalue weighted by Crippen LogP contribution is -1.97. The van der Waals surface area contributed by atoms with Crippen molar-refractivity contribution < 1.29 is 0 Å². The van der Waals surface area contributed by atoms with Gasteiger partial charge in [0.05, 0.1) is 11.9 Å². The number of aryl methyl sites for hydroxylation is 2. The molecule has 0 aliphatic rings. The first-order valence-electron chi connectivity index (χ1n) is 6.52. The van der Waals surface area contributed by atoms with Gasteiger partial charge in [0.15, 0.2) is 0 Å². The van der Waals surface area contributed by atoms with Crippen molar-refractivity contribution in [2.75, 3.05) is 0 Å².